The molecule has 0 saturated heterocycles. The molecule has 0 fully saturated rings. The lowest BCUT2D eigenvalue weighted by Crippen LogP contribution is -2.09. The first-order valence-corrected chi connectivity index (χ1v) is 14.3. The maximum atomic E-state index is 12.2. The van der Waals surface area contributed by atoms with Crippen LogP contribution in [-0.2, 0) is 9.59 Å². The summed E-state index contributed by atoms with van der Waals surface area (Å²) in [6, 6.07) is 4.32. The zero-order chi connectivity index (χ0) is 25.6. The molecule has 5 nitrogen and oxygen atoms in total. The van der Waals surface area contributed by atoms with Crippen LogP contribution in [0.5, 0.6) is 17.2 Å². The standard InChI is InChI=1S/C30H50O5/c1-3-5-7-9-11-13-15-17-19-21-29(32)34-26-23-24-27(31)28(25-26)35-30(33)22-20-18-16-14-12-10-8-6-4-2/h23-25,31H,3-22H2,1-2H3. The molecule has 0 aliphatic heterocycles. The summed E-state index contributed by atoms with van der Waals surface area (Å²) in [6.45, 7) is 4.45. The predicted octanol–water partition coefficient (Wildman–Crippen LogP) is 9.04. The minimum atomic E-state index is -0.374. The Balaban J connectivity index is 2.21. The van der Waals surface area contributed by atoms with E-state index >= 15 is 0 Å². The van der Waals surface area contributed by atoms with Gasteiger partial charge in [-0.15, -0.1) is 0 Å². The smallest absolute Gasteiger partial charge is 0.311 e. The topological polar surface area (TPSA) is 72.8 Å². The van der Waals surface area contributed by atoms with Crippen LogP contribution in [0.3, 0.4) is 0 Å². The van der Waals surface area contributed by atoms with Crippen molar-refractivity contribution in [2.75, 3.05) is 0 Å². The molecule has 0 spiro atoms. The molecule has 0 aromatic heterocycles. The average molecular weight is 491 g/mol. The van der Waals surface area contributed by atoms with Crippen LogP contribution >= 0.6 is 0 Å². The number of carbonyl (C=O) groups excluding carboxylic acids is 2. The van der Waals surface area contributed by atoms with E-state index in [2.05, 4.69) is 13.8 Å². The fourth-order valence-corrected chi connectivity index (χ4v) is 4.16. The molecule has 35 heavy (non-hydrogen) atoms. The van der Waals surface area contributed by atoms with Crippen LogP contribution in [0.15, 0.2) is 18.2 Å². The number of phenolic OH excluding ortho intramolecular Hbond substituents is 1. The third-order valence-electron chi connectivity index (χ3n) is 6.36. The highest BCUT2D eigenvalue weighted by molar-refractivity contribution is 5.74. The molecule has 1 aromatic carbocycles. The van der Waals surface area contributed by atoms with Crippen molar-refractivity contribution >= 4 is 11.9 Å². The maximum Gasteiger partial charge on any atom is 0.311 e. The summed E-state index contributed by atoms with van der Waals surface area (Å²) in [5.74, 6) is -0.481. The molecule has 0 amide bonds. The monoisotopic (exact) mass is 490 g/mol. The number of ether oxygens (including phenoxy) is 2. The SMILES string of the molecule is CCCCCCCCCCCC(=O)Oc1ccc(O)c(OC(=O)CCCCCCCCCCC)c1. The molecule has 0 radical (unpaired) electrons. The molecular weight excluding hydrogens is 440 g/mol. The molecule has 0 aliphatic carbocycles. The molecule has 0 heterocycles. The van der Waals surface area contributed by atoms with E-state index in [1.165, 1.54) is 95.2 Å². The lowest BCUT2D eigenvalue weighted by molar-refractivity contribution is -0.135. The molecule has 1 N–H and O–H groups in total. The number of aromatic hydroxyl groups is 1. The highest BCUT2D eigenvalue weighted by Gasteiger charge is 2.12. The number of phenols is 1. The van der Waals surface area contributed by atoms with Gasteiger partial charge in [-0.3, -0.25) is 9.59 Å². The van der Waals surface area contributed by atoms with Crippen molar-refractivity contribution in [3.05, 3.63) is 18.2 Å². The Hall–Kier alpha value is -2.04. The van der Waals surface area contributed by atoms with E-state index in [9.17, 15) is 14.7 Å². The Labute approximate surface area is 214 Å². The lowest BCUT2D eigenvalue weighted by Gasteiger charge is -2.09. The van der Waals surface area contributed by atoms with Gasteiger partial charge in [0.1, 0.15) is 5.75 Å². The van der Waals surface area contributed by atoms with Crippen molar-refractivity contribution in [3.8, 4) is 17.2 Å². The van der Waals surface area contributed by atoms with Crippen LogP contribution in [0, 0.1) is 0 Å². The highest BCUT2D eigenvalue weighted by atomic mass is 16.5. The van der Waals surface area contributed by atoms with Gasteiger partial charge in [-0.05, 0) is 25.0 Å². The summed E-state index contributed by atoms with van der Waals surface area (Å²) in [4.78, 5) is 24.3. The number of esters is 2. The van der Waals surface area contributed by atoms with Gasteiger partial charge in [0.05, 0.1) is 0 Å². The molecule has 0 saturated carbocycles. The van der Waals surface area contributed by atoms with Crippen LogP contribution in [0.4, 0.5) is 0 Å². The minimum Gasteiger partial charge on any atom is -0.504 e. The Kier molecular flexibility index (Phi) is 18.8. The Bertz CT molecular complexity index is 685. The number of hydrogen-bond acceptors (Lipinski definition) is 5. The number of unbranched alkanes of at least 4 members (excludes halogenated alkanes) is 16. The molecular formula is C30H50O5. The van der Waals surface area contributed by atoms with E-state index < -0.39 is 0 Å². The van der Waals surface area contributed by atoms with E-state index in [1.807, 2.05) is 0 Å². The van der Waals surface area contributed by atoms with Crippen LogP contribution in [0.25, 0.3) is 0 Å². The highest BCUT2D eigenvalue weighted by Crippen LogP contribution is 2.31. The summed E-state index contributed by atoms with van der Waals surface area (Å²) >= 11 is 0. The van der Waals surface area contributed by atoms with Crippen molar-refractivity contribution < 1.29 is 24.2 Å². The van der Waals surface area contributed by atoms with E-state index in [4.69, 9.17) is 9.47 Å². The summed E-state index contributed by atoms with van der Waals surface area (Å²) in [5.41, 5.74) is 0. The van der Waals surface area contributed by atoms with Crippen LogP contribution in [0.1, 0.15) is 142 Å². The third-order valence-corrected chi connectivity index (χ3v) is 6.36. The third kappa shape index (κ3) is 17.1. The van der Waals surface area contributed by atoms with Crippen LogP contribution < -0.4 is 9.47 Å². The van der Waals surface area contributed by atoms with Crippen molar-refractivity contribution in [2.45, 2.75) is 142 Å². The second-order valence-corrected chi connectivity index (χ2v) is 9.73. The molecule has 0 atom stereocenters. The molecule has 1 aromatic rings. The van der Waals surface area contributed by atoms with E-state index in [0.717, 1.165) is 38.5 Å². The fourth-order valence-electron chi connectivity index (χ4n) is 4.16. The molecule has 0 bridgehead atoms. The molecule has 5 heteroatoms. The Morgan fingerprint density at radius 2 is 1.00 bits per heavy atom. The summed E-state index contributed by atoms with van der Waals surface area (Å²) in [6.07, 6.45) is 22.0. The number of rotatable bonds is 22. The zero-order valence-electron chi connectivity index (χ0n) is 22.5. The zero-order valence-corrected chi connectivity index (χ0v) is 22.5. The second kappa shape index (κ2) is 21.3. The van der Waals surface area contributed by atoms with Crippen LogP contribution in [-0.4, -0.2) is 17.0 Å². The van der Waals surface area contributed by atoms with E-state index in [0.29, 0.717) is 12.8 Å². The predicted molar refractivity (Wildman–Crippen MR) is 143 cm³/mol. The van der Waals surface area contributed by atoms with Crippen molar-refractivity contribution in [2.24, 2.45) is 0 Å². The number of carbonyl (C=O) groups is 2. The lowest BCUT2D eigenvalue weighted by atomic mass is 10.1. The second-order valence-electron chi connectivity index (χ2n) is 9.73. The average Bonchev–Trinajstić information content (AvgIpc) is 2.84. The van der Waals surface area contributed by atoms with Gasteiger partial charge in [-0.2, -0.15) is 0 Å². The number of benzene rings is 1. The summed E-state index contributed by atoms with van der Waals surface area (Å²) < 4.78 is 10.7. The van der Waals surface area contributed by atoms with Gasteiger partial charge < -0.3 is 14.6 Å². The van der Waals surface area contributed by atoms with Gasteiger partial charge in [0.15, 0.2) is 11.5 Å². The normalized spacial score (nSPS) is 10.9. The first-order valence-electron chi connectivity index (χ1n) is 14.3. The first-order chi connectivity index (χ1) is 17.1. The Morgan fingerprint density at radius 1 is 0.600 bits per heavy atom. The summed E-state index contributed by atoms with van der Waals surface area (Å²) in [7, 11) is 0. The van der Waals surface area contributed by atoms with Gasteiger partial charge in [-0.1, -0.05) is 117 Å². The van der Waals surface area contributed by atoms with Gasteiger partial charge in [-0.25, -0.2) is 0 Å². The molecule has 0 aliphatic rings. The van der Waals surface area contributed by atoms with Gasteiger partial charge in [0.25, 0.3) is 0 Å². The van der Waals surface area contributed by atoms with E-state index in [-0.39, 0.29) is 29.2 Å². The van der Waals surface area contributed by atoms with Crippen molar-refractivity contribution in [3.63, 3.8) is 0 Å². The fraction of sp³-hybridized carbons (Fsp3) is 0.733. The van der Waals surface area contributed by atoms with Gasteiger partial charge in [0, 0.05) is 18.9 Å². The summed E-state index contributed by atoms with van der Waals surface area (Å²) in [5, 5.41) is 10.0. The molecule has 0 unspecified atom stereocenters. The van der Waals surface area contributed by atoms with Crippen molar-refractivity contribution in [1.29, 1.82) is 0 Å². The van der Waals surface area contributed by atoms with E-state index in [1.54, 1.807) is 0 Å². The van der Waals surface area contributed by atoms with Gasteiger partial charge in [0.2, 0.25) is 0 Å². The minimum absolute atomic E-state index is 0.0410. The van der Waals surface area contributed by atoms with Crippen molar-refractivity contribution in [1.82, 2.24) is 0 Å². The maximum absolute atomic E-state index is 12.2. The number of hydrogen-bond donors (Lipinski definition) is 1. The Morgan fingerprint density at radius 3 is 1.46 bits per heavy atom. The van der Waals surface area contributed by atoms with Gasteiger partial charge >= 0.3 is 11.9 Å². The largest absolute Gasteiger partial charge is 0.504 e. The quantitative estimate of drug-likeness (QED) is 0.0997. The molecule has 200 valence electrons. The van der Waals surface area contributed by atoms with Crippen LogP contribution in [0.2, 0.25) is 0 Å². The molecule has 1 rings (SSSR count). The first kappa shape index (κ1) is 31.0.